The third kappa shape index (κ3) is 5.96. The molecule has 0 aliphatic carbocycles. The van der Waals surface area contributed by atoms with Crippen molar-refractivity contribution < 1.29 is 23.9 Å². The van der Waals surface area contributed by atoms with Gasteiger partial charge in [0.15, 0.2) is 17.3 Å². The predicted molar refractivity (Wildman–Crippen MR) is 140 cm³/mol. The first-order chi connectivity index (χ1) is 16.9. The second-order valence-corrected chi connectivity index (χ2v) is 9.82. The Morgan fingerprint density at radius 2 is 1.80 bits per heavy atom. The number of methoxy groups -OCH3 is 1. The zero-order valence-electron chi connectivity index (χ0n) is 18.5. The van der Waals surface area contributed by atoms with Gasteiger partial charge in [0.25, 0.3) is 11.1 Å². The van der Waals surface area contributed by atoms with E-state index >= 15 is 0 Å². The summed E-state index contributed by atoms with van der Waals surface area (Å²) in [5.74, 6) is -0.0941. The second kappa shape index (κ2) is 11.1. The predicted octanol–water partition coefficient (Wildman–Crippen LogP) is 6.61. The van der Waals surface area contributed by atoms with Gasteiger partial charge in [-0.15, -0.1) is 0 Å². The van der Waals surface area contributed by atoms with Gasteiger partial charge in [-0.05, 0) is 53.2 Å². The summed E-state index contributed by atoms with van der Waals surface area (Å²) < 4.78 is 12.1. The standard InChI is InChI=1S/C26H19BrClNO5S/c1-33-22-12-17(11-20(28)24(22)34-15-16-5-3-2-4-6-16)13-23-25(31)29(26(32)35-23)14-21(30)18-7-9-19(27)10-8-18/h2-13H,14-15H2,1H3/b23-13-. The van der Waals surface area contributed by atoms with Crippen LogP contribution in [0.4, 0.5) is 4.79 Å². The lowest BCUT2D eigenvalue weighted by Gasteiger charge is -2.14. The maximum Gasteiger partial charge on any atom is 0.293 e. The molecule has 1 aliphatic rings. The molecule has 0 bridgehead atoms. The molecule has 0 atom stereocenters. The fourth-order valence-electron chi connectivity index (χ4n) is 3.35. The molecule has 1 heterocycles. The molecule has 1 aliphatic heterocycles. The molecule has 0 N–H and O–H groups in total. The van der Waals surface area contributed by atoms with Crippen molar-refractivity contribution in [2.75, 3.05) is 13.7 Å². The average Bonchev–Trinajstić information content (AvgIpc) is 3.11. The molecule has 4 rings (SSSR count). The molecule has 0 unspecified atom stereocenters. The van der Waals surface area contributed by atoms with Crippen LogP contribution in [0.3, 0.4) is 0 Å². The number of carbonyl (C=O) groups excluding carboxylic acids is 3. The summed E-state index contributed by atoms with van der Waals surface area (Å²) in [5.41, 5.74) is 1.95. The van der Waals surface area contributed by atoms with Gasteiger partial charge in [-0.3, -0.25) is 19.3 Å². The number of nitrogens with zero attached hydrogens (tertiary/aromatic N) is 1. The molecule has 3 aromatic carbocycles. The summed E-state index contributed by atoms with van der Waals surface area (Å²) in [4.78, 5) is 39.0. The number of amides is 2. The summed E-state index contributed by atoms with van der Waals surface area (Å²) in [6.07, 6.45) is 1.55. The first kappa shape index (κ1) is 25.0. The highest BCUT2D eigenvalue weighted by molar-refractivity contribution is 9.10. The maximum atomic E-state index is 12.9. The largest absolute Gasteiger partial charge is 0.493 e. The van der Waals surface area contributed by atoms with Crippen LogP contribution in [0.2, 0.25) is 5.02 Å². The normalized spacial score (nSPS) is 14.5. The van der Waals surface area contributed by atoms with Crippen LogP contribution in [0.1, 0.15) is 21.5 Å². The van der Waals surface area contributed by atoms with Crippen molar-refractivity contribution in [1.82, 2.24) is 4.90 Å². The van der Waals surface area contributed by atoms with Gasteiger partial charge < -0.3 is 9.47 Å². The lowest BCUT2D eigenvalue weighted by molar-refractivity contribution is -0.122. The Bertz CT molecular complexity index is 1310. The molecule has 178 valence electrons. The highest BCUT2D eigenvalue weighted by atomic mass is 79.9. The van der Waals surface area contributed by atoms with E-state index in [1.807, 2.05) is 30.3 Å². The summed E-state index contributed by atoms with van der Waals surface area (Å²) in [6, 6.07) is 19.7. The topological polar surface area (TPSA) is 72.9 Å². The van der Waals surface area contributed by atoms with Crippen LogP contribution >= 0.6 is 39.3 Å². The minimum absolute atomic E-state index is 0.190. The highest BCUT2D eigenvalue weighted by Gasteiger charge is 2.36. The summed E-state index contributed by atoms with van der Waals surface area (Å²) in [7, 11) is 1.49. The van der Waals surface area contributed by atoms with Crippen LogP contribution in [-0.4, -0.2) is 35.5 Å². The van der Waals surface area contributed by atoms with Gasteiger partial charge in [0, 0.05) is 10.0 Å². The molecular weight excluding hydrogens is 554 g/mol. The summed E-state index contributed by atoms with van der Waals surface area (Å²) in [6.45, 7) is -0.0263. The monoisotopic (exact) mass is 571 g/mol. The lowest BCUT2D eigenvalue weighted by Crippen LogP contribution is -2.33. The van der Waals surface area contributed by atoms with Crippen molar-refractivity contribution in [3.8, 4) is 11.5 Å². The SMILES string of the molecule is COc1cc(/C=C2\SC(=O)N(CC(=O)c3ccc(Br)cc3)C2=O)cc(Cl)c1OCc1ccccc1. The first-order valence-electron chi connectivity index (χ1n) is 10.4. The highest BCUT2D eigenvalue weighted by Crippen LogP contribution is 2.39. The van der Waals surface area contributed by atoms with E-state index < -0.39 is 11.1 Å². The van der Waals surface area contributed by atoms with Gasteiger partial charge in [-0.25, -0.2) is 0 Å². The number of rotatable bonds is 8. The van der Waals surface area contributed by atoms with Crippen LogP contribution in [0.15, 0.2) is 76.1 Å². The van der Waals surface area contributed by atoms with E-state index in [1.54, 1.807) is 42.5 Å². The number of halogens is 2. The first-order valence-corrected chi connectivity index (χ1v) is 12.4. The third-order valence-corrected chi connectivity index (χ3v) is 6.83. The Morgan fingerprint density at radius 1 is 1.09 bits per heavy atom. The second-order valence-electron chi connectivity index (χ2n) is 7.51. The number of hydrogen-bond acceptors (Lipinski definition) is 6. The molecule has 1 saturated heterocycles. The van der Waals surface area contributed by atoms with Gasteiger partial charge in [-0.1, -0.05) is 70.0 Å². The van der Waals surface area contributed by atoms with E-state index in [2.05, 4.69) is 15.9 Å². The van der Waals surface area contributed by atoms with Crippen LogP contribution < -0.4 is 9.47 Å². The quantitative estimate of drug-likeness (QED) is 0.223. The van der Waals surface area contributed by atoms with Crippen molar-refractivity contribution in [2.24, 2.45) is 0 Å². The molecule has 0 spiro atoms. The van der Waals surface area contributed by atoms with E-state index in [9.17, 15) is 14.4 Å². The number of ether oxygens (including phenoxy) is 2. The molecule has 6 nitrogen and oxygen atoms in total. The van der Waals surface area contributed by atoms with E-state index in [0.717, 1.165) is 26.7 Å². The number of imide groups is 1. The number of ketones is 1. The Balaban J connectivity index is 1.51. The fourth-order valence-corrected chi connectivity index (χ4v) is 4.73. The van der Waals surface area contributed by atoms with Crippen molar-refractivity contribution in [1.29, 1.82) is 0 Å². The molecule has 0 aromatic heterocycles. The Labute approximate surface area is 220 Å². The summed E-state index contributed by atoms with van der Waals surface area (Å²) >= 11 is 10.5. The minimum Gasteiger partial charge on any atom is -0.493 e. The van der Waals surface area contributed by atoms with Crippen molar-refractivity contribution in [2.45, 2.75) is 6.61 Å². The van der Waals surface area contributed by atoms with Crippen LogP contribution in [0.5, 0.6) is 11.5 Å². The zero-order chi connectivity index (χ0) is 24.9. The van der Waals surface area contributed by atoms with E-state index in [0.29, 0.717) is 34.3 Å². The van der Waals surface area contributed by atoms with Crippen molar-refractivity contribution in [3.63, 3.8) is 0 Å². The molecule has 3 aromatic rings. The summed E-state index contributed by atoms with van der Waals surface area (Å²) in [5, 5.41) is -0.205. The average molecular weight is 573 g/mol. The molecule has 1 fully saturated rings. The zero-order valence-corrected chi connectivity index (χ0v) is 21.7. The smallest absolute Gasteiger partial charge is 0.293 e. The Morgan fingerprint density at radius 3 is 2.49 bits per heavy atom. The molecule has 2 amide bonds. The molecule has 9 heteroatoms. The van der Waals surface area contributed by atoms with Gasteiger partial charge >= 0.3 is 0 Å². The van der Waals surface area contributed by atoms with E-state index in [4.69, 9.17) is 21.1 Å². The molecular formula is C26H19BrClNO5S. The van der Waals surface area contributed by atoms with E-state index in [-0.39, 0.29) is 17.2 Å². The van der Waals surface area contributed by atoms with Crippen molar-refractivity contribution in [3.05, 3.63) is 97.8 Å². The fraction of sp³-hybridized carbons (Fsp3) is 0.115. The molecule has 35 heavy (non-hydrogen) atoms. The maximum absolute atomic E-state index is 12.9. The molecule has 0 saturated carbocycles. The number of carbonyl (C=O) groups is 3. The van der Waals surface area contributed by atoms with Gasteiger partial charge in [0.05, 0.1) is 23.6 Å². The lowest BCUT2D eigenvalue weighted by atomic mass is 10.1. The number of hydrogen-bond donors (Lipinski definition) is 0. The van der Waals surface area contributed by atoms with Crippen LogP contribution in [0.25, 0.3) is 6.08 Å². The number of Topliss-reactive ketones (excluding diaryl/α,β-unsaturated/α-hetero) is 1. The van der Waals surface area contributed by atoms with Crippen LogP contribution in [-0.2, 0) is 11.4 Å². The van der Waals surface area contributed by atoms with Crippen LogP contribution in [0, 0.1) is 0 Å². The minimum atomic E-state index is -0.537. The van der Waals surface area contributed by atoms with Gasteiger partial charge in [-0.2, -0.15) is 0 Å². The number of benzene rings is 3. The Kier molecular flexibility index (Phi) is 7.95. The van der Waals surface area contributed by atoms with E-state index in [1.165, 1.54) is 7.11 Å². The Hall–Kier alpha value is -3.07. The third-order valence-electron chi connectivity index (χ3n) is 5.12. The van der Waals surface area contributed by atoms with Gasteiger partial charge in [0.1, 0.15) is 6.61 Å². The molecule has 0 radical (unpaired) electrons. The number of thioether (sulfide) groups is 1. The van der Waals surface area contributed by atoms with Crippen molar-refractivity contribution >= 4 is 62.3 Å². The van der Waals surface area contributed by atoms with Gasteiger partial charge in [0.2, 0.25) is 0 Å².